The molecular formula is C13H15ClN2S. The first-order valence-corrected chi connectivity index (χ1v) is 6.65. The van der Waals surface area contributed by atoms with E-state index in [-0.39, 0.29) is 6.04 Å². The number of hydrogen-bond donors (Lipinski definition) is 2. The number of nitrogens with two attached hydrogens (primary N) is 1. The van der Waals surface area contributed by atoms with Crippen molar-refractivity contribution in [3.63, 3.8) is 0 Å². The second kappa shape index (κ2) is 5.65. The van der Waals surface area contributed by atoms with Gasteiger partial charge in [-0.3, -0.25) is 11.3 Å². The molecule has 0 radical (unpaired) electrons. The van der Waals surface area contributed by atoms with E-state index in [9.17, 15) is 0 Å². The number of halogens is 1. The fraction of sp³-hybridized carbons (Fsp3) is 0.231. The van der Waals surface area contributed by atoms with E-state index in [1.807, 2.05) is 12.1 Å². The van der Waals surface area contributed by atoms with Crippen molar-refractivity contribution in [2.75, 3.05) is 0 Å². The van der Waals surface area contributed by atoms with E-state index in [4.69, 9.17) is 17.4 Å². The molecule has 0 aliphatic carbocycles. The number of nitrogens with one attached hydrogen (secondary N) is 1. The molecule has 0 spiro atoms. The Labute approximate surface area is 110 Å². The highest BCUT2D eigenvalue weighted by Crippen LogP contribution is 2.26. The summed E-state index contributed by atoms with van der Waals surface area (Å²) in [5.74, 6) is 5.63. The van der Waals surface area contributed by atoms with Gasteiger partial charge in [0.1, 0.15) is 0 Å². The van der Waals surface area contributed by atoms with E-state index in [0.29, 0.717) is 0 Å². The Hall–Kier alpha value is -0.870. The Morgan fingerprint density at radius 2 is 2.18 bits per heavy atom. The van der Waals surface area contributed by atoms with Gasteiger partial charge in [-0.2, -0.15) is 0 Å². The van der Waals surface area contributed by atoms with E-state index in [1.54, 1.807) is 11.3 Å². The zero-order chi connectivity index (χ0) is 12.3. The van der Waals surface area contributed by atoms with Gasteiger partial charge in [0.15, 0.2) is 0 Å². The van der Waals surface area contributed by atoms with Gasteiger partial charge in [0.05, 0.1) is 10.4 Å². The fourth-order valence-corrected chi connectivity index (χ4v) is 2.96. The van der Waals surface area contributed by atoms with Crippen LogP contribution in [0.1, 0.15) is 22.0 Å². The number of benzene rings is 1. The number of hydrogen-bond acceptors (Lipinski definition) is 3. The van der Waals surface area contributed by atoms with Gasteiger partial charge in [0.2, 0.25) is 0 Å². The van der Waals surface area contributed by atoms with Crippen LogP contribution in [0.2, 0.25) is 4.34 Å². The molecule has 1 heterocycles. The zero-order valence-electron chi connectivity index (χ0n) is 9.61. The lowest BCUT2D eigenvalue weighted by atomic mass is 10.0. The molecule has 0 saturated heterocycles. The molecule has 0 amide bonds. The van der Waals surface area contributed by atoms with E-state index in [2.05, 4.69) is 36.6 Å². The maximum Gasteiger partial charge on any atom is 0.0931 e. The summed E-state index contributed by atoms with van der Waals surface area (Å²) in [7, 11) is 0. The molecule has 2 rings (SSSR count). The third-order valence-corrected chi connectivity index (χ3v) is 3.93. The summed E-state index contributed by atoms with van der Waals surface area (Å²) in [4.78, 5) is 1.24. The van der Waals surface area contributed by atoms with Gasteiger partial charge in [0, 0.05) is 11.3 Å². The monoisotopic (exact) mass is 266 g/mol. The highest BCUT2D eigenvalue weighted by molar-refractivity contribution is 7.16. The highest BCUT2D eigenvalue weighted by atomic mass is 35.5. The molecule has 0 aliphatic heterocycles. The van der Waals surface area contributed by atoms with Gasteiger partial charge in [0.25, 0.3) is 0 Å². The predicted molar refractivity (Wildman–Crippen MR) is 74.3 cm³/mol. The first kappa shape index (κ1) is 12.6. The molecule has 0 bridgehead atoms. The van der Waals surface area contributed by atoms with Gasteiger partial charge < -0.3 is 0 Å². The van der Waals surface area contributed by atoms with Crippen molar-refractivity contribution in [3.05, 3.63) is 56.7 Å². The largest absolute Gasteiger partial charge is 0.271 e. The van der Waals surface area contributed by atoms with Crippen molar-refractivity contribution in [2.45, 2.75) is 19.4 Å². The standard InChI is InChI=1S/C13H15ClN2S/c1-9-3-2-4-10(7-9)12(16-15)8-11-5-6-13(14)17-11/h2-7,12,16H,8,15H2,1H3. The number of aryl methyl sites for hydroxylation is 1. The molecule has 1 atom stereocenters. The molecule has 2 nitrogen and oxygen atoms in total. The van der Waals surface area contributed by atoms with E-state index in [1.165, 1.54) is 16.0 Å². The van der Waals surface area contributed by atoms with Gasteiger partial charge in [-0.1, -0.05) is 41.4 Å². The maximum atomic E-state index is 5.93. The predicted octanol–water partition coefficient (Wildman–Crippen LogP) is 3.46. The summed E-state index contributed by atoms with van der Waals surface area (Å²) >= 11 is 7.53. The summed E-state index contributed by atoms with van der Waals surface area (Å²) < 4.78 is 0.819. The molecule has 1 aromatic carbocycles. The summed E-state index contributed by atoms with van der Waals surface area (Å²) in [6.07, 6.45) is 0.858. The van der Waals surface area contributed by atoms with Crippen LogP contribution in [-0.4, -0.2) is 0 Å². The SMILES string of the molecule is Cc1cccc(C(Cc2ccc(Cl)s2)NN)c1. The molecule has 2 aromatic rings. The fourth-order valence-electron chi connectivity index (χ4n) is 1.82. The van der Waals surface area contributed by atoms with Gasteiger partial charge in [-0.25, -0.2) is 0 Å². The molecule has 1 unspecified atom stereocenters. The maximum absolute atomic E-state index is 5.93. The first-order valence-electron chi connectivity index (χ1n) is 5.46. The molecule has 17 heavy (non-hydrogen) atoms. The zero-order valence-corrected chi connectivity index (χ0v) is 11.2. The Morgan fingerprint density at radius 3 is 2.76 bits per heavy atom. The molecule has 3 N–H and O–H groups in total. The van der Waals surface area contributed by atoms with Crippen LogP contribution in [0.3, 0.4) is 0 Å². The molecule has 0 aliphatic rings. The second-order valence-electron chi connectivity index (χ2n) is 4.04. The van der Waals surface area contributed by atoms with Crippen LogP contribution in [0.4, 0.5) is 0 Å². The van der Waals surface area contributed by atoms with Crippen LogP contribution in [0.15, 0.2) is 36.4 Å². The van der Waals surface area contributed by atoms with Crippen LogP contribution < -0.4 is 11.3 Å². The molecular weight excluding hydrogens is 252 g/mol. The normalized spacial score (nSPS) is 12.6. The third kappa shape index (κ3) is 3.30. The summed E-state index contributed by atoms with van der Waals surface area (Å²) in [6, 6.07) is 12.5. The lowest BCUT2D eigenvalue weighted by Crippen LogP contribution is -2.29. The van der Waals surface area contributed by atoms with Crippen molar-refractivity contribution in [1.82, 2.24) is 5.43 Å². The lowest BCUT2D eigenvalue weighted by Gasteiger charge is -2.15. The second-order valence-corrected chi connectivity index (χ2v) is 5.84. The van der Waals surface area contributed by atoms with Crippen LogP contribution in [0.5, 0.6) is 0 Å². The van der Waals surface area contributed by atoms with Gasteiger partial charge in [-0.15, -0.1) is 11.3 Å². The average molecular weight is 267 g/mol. The van der Waals surface area contributed by atoms with Crippen molar-refractivity contribution in [3.8, 4) is 0 Å². The van der Waals surface area contributed by atoms with Crippen LogP contribution in [0, 0.1) is 6.92 Å². The van der Waals surface area contributed by atoms with Crippen LogP contribution >= 0.6 is 22.9 Å². The number of rotatable bonds is 4. The third-order valence-electron chi connectivity index (χ3n) is 2.68. The number of hydrazine groups is 1. The lowest BCUT2D eigenvalue weighted by molar-refractivity contribution is 0.555. The Kier molecular flexibility index (Phi) is 4.18. The van der Waals surface area contributed by atoms with Gasteiger partial charge >= 0.3 is 0 Å². The quantitative estimate of drug-likeness (QED) is 0.657. The van der Waals surface area contributed by atoms with E-state index >= 15 is 0 Å². The minimum absolute atomic E-state index is 0.129. The van der Waals surface area contributed by atoms with Crippen molar-refractivity contribution in [1.29, 1.82) is 0 Å². The van der Waals surface area contributed by atoms with Crippen LogP contribution in [-0.2, 0) is 6.42 Å². The Morgan fingerprint density at radius 1 is 1.35 bits per heavy atom. The van der Waals surface area contributed by atoms with Crippen LogP contribution in [0.25, 0.3) is 0 Å². The summed E-state index contributed by atoms with van der Waals surface area (Å²) in [5, 5.41) is 0. The Balaban J connectivity index is 2.16. The smallest absolute Gasteiger partial charge is 0.0931 e. The summed E-state index contributed by atoms with van der Waals surface area (Å²) in [5.41, 5.74) is 5.32. The highest BCUT2D eigenvalue weighted by Gasteiger charge is 2.11. The molecule has 0 fully saturated rings. The minimum atomic E-state index is 0.129. The molecule has 4 heteroatoms. The Bertz CT molecular complexity index is 496. The average Bonchev–Trinajstić information content (AvgIpc) is 2.72. The van der Waals surface area contributed by atoms with E-state index < -0.39 is 0 Å². The van der Waals surface area contributed by atoms with Crippen molar-refractivity contribution in [2.24, 2.45) is 5.84 Å². The molecule has 0 saturated carbocycles. The van der Waals surface area contributed by atoms with Gasteiger partial charge in [-0.05, 0) is 24.6 Å². The van der Waals surface area contributed by atoms with Crippen molar-refractivity contribution < 1.29 is 0 Å². The number of thiophene rings is 1. The van der Waals surface area contributed by atoms with Crippen molar-refractivity contribution >= 4 is 22.9 Å². The molecule has 1 aromatic heterocycles. The first-order chi connectivity index (χ1) is 8.19. The van der Waals surface area contributed by atoms with E-state index in [0.717, 1.165) is 10.8 Å². The minimum Gasteiger partial charge on any atom is -0.271 e. The molecule has 90 valence electrons. The summed E-state index contributed by atoms with van der Waals surface area (Å²) in [6.45, 7) is 2.08. The topological polar surface area (TPSA) is 38.0 Å².